The molecule has 1 saturated carbocycles. The lowest BCUT2D eigenvalue weighted by Crippen LogP contribution is -2.50. The van der Waals surface area contributed by atoms with Crippen LogP contribution in [0.2, 0.25) is 0 Å². The summed E-state index contributed by atoms with van der Waals surface area (Å²) >= 11 is 0. The smallest absolute Gasteiger partial charge is 0.320 e. The number of nitrogens with one attached hydrogen (secondary N) is 1. The largest absolute Gasteiger partial charge is 0.480 e. The van der Waals surface area contributed by atoms with Crippen LogP contribution < -0.4 is 5.32 Å². The van der Waals surface area contributed by atoms with Gasteiger partial charge < -0.3 is 10.4 Å². The number of rotatable bonds is 5. The second-order valence-electron chi connectivity index (χ2n) is 6.01. The third-order valence-electron chi connectivity index (χ3n) is 3.74. The highest BCUT2D eigenvalue weighted by Crippen LogP contribution is 2.46. The maximum absolute atomic E-state index is 11.3. The van der Waals surface area contributed by atoms with Crippen LogP contribution in [0.25, 0.3) is 0 Å². The van der Waals surface area contributed by atoms with E-state index in [4.69, 9.17) is 0 Å². The molecule has 2 rings (SSSR count). The van der Waals surface area contributed by atoms with Gasteiger partial charge in [-0.3, -0.25) is 4.79 Å². The van der Waals surface area contributed by atoms with E-state index in [1.807, 2.05) is 30.3 Å². The second-order valence-corrected chi connectivity index (χ2v) is 6.01. The predicted octanol–water partition coefficient (Wildman–Crippen LogP) is 2.67. The normalized spacial score (nSPS) is 20.1. The molecule has 1 aliphatic rings. The molecule has 1 aromatic carbocycles. The molecular weight excluding hydrogens is 226 g/mol. The Morgan fingerprint density at radius 2 is 2.00 bits per heavy atom. The lowest BCUT2D eigenvalue weighted by atomic mass is 9.62. The summed E-state index contributed by atoms with van der Waals surface area (Å²) in [4.78, 5) is 11.3. The van der Waals surface area contributed by atoms with Gasteiger partial charge in [-0.1, -0.05) is 44.2 Å². The van der Waals surface area contributed by atoms with E-state index >= 15 is 0 Å². The van der Waals surface area contributed by atoms with E-state index in [9.17, 15) is 9.90 Å². The quantitative estimate of drug-likeness (QED) is 0.841. The minimum atomic E-state index is -0.730. The Kier molecular flexibility index (Phi) is 3.71. The molecule has 0 spiro atoms. The average Bonchev–Trinajstić information content (AvgIpc) is 2.27. The van der Waals surface area contributed by atoms with E-state index in [-0.39, 0.29) is 5.92 Å². The summed E-state index contributed by atoms with van der Waals surface area (Å²) in [5.74, 6) is -0.465. The Balaban J connectivity index is 1.90. The molecule has 1 unspecified atom stereocenters. The minimum Gasteiger partial charge on any atom is -0.480 e. The van der Waals surface area contributed by atoms with E-state index in [0.717, 1.165) is 18.4 Å². The summed E-state index contributed by atoms with van der Waals surface area (Å²) in [5.41, 5.74) is 1.44. The third kappa shape index (κ3) is 3.10. The Morgan fingerprint density at radius 3 is 2.50 bits per heavy atom. The van der Waals surface area contributed by atoms with Gasteiger partial charge in [0.25, 0.3) is 0 Å². The molecule has 0 aromatic heterocycles. The molecule has 0 heterocycles. The molecule has 18 heavy (non-hydrogen) atoms. The summed E-state index contributed by atoms with van der Waals surface area (Å²) < 4.78 is 0. The van der Waals surface area contributed by atoms with E-state index < -0.39 is 12.0 Å². The molecule has 0 saturated heterocycles. The summed E-state index contributed by atoms with van der Waals surface area (Å²) in [6, 6.07) is 9.51. The van der Waals surface area contributed by atoms with Crippen molar-refractivity contribution < 1.29 is 9.90 Å². The fourth-order valence-electron chi connectivity index (χ4n) is 2.87. The fraction of sp³-hybridized carbons (Fsp3) is 0.533. The maximum atomic E-state index is 11.3. The van der Waals surface area contributed by atoms with Gasteiger partial charge in [-0.05, 0) is 29.7 Å². The van der Waals surface area contributed by atoms with Crippen LogP contribution in [-0.2, 0) is 11.3 Å². The Labute approximate surface area is 108 Å². The van der Waals surface area contributed by atoms with Crippen LogP contribution >= 0.6 is 0 Å². The summed E-state index contributed by atoms with van der Waals surface area (Å²) in [6.07, 6.45) is 1.98. The number of carboxylic acids is 1. The first-order valence-electron chi connectivity index (χ1n) is 6.48. The number of carboxylic acid groups (broad SMARTS) is 1. The highest BCUT2D eigenvalue weighted by molar-refractivity contribution is 5.74. The first kappa shape index (κ1) is 13.1. The van der Waals surface area contributed by atoms with Gasteiger partial charge in [0.2, 0.25) is 0 Å². The van der Waals surface area contributed by atoms with Gasteiger partial charge >= 0.3 is 5.97 Å². The molecule has 1 fully saturated rings. The van der Waals surface area contributed by atoms with Crippen LogP contribution in [0.1, 0.15) is 32.3 Å². The monoisotopic (exact) mass is 247 g/mol. The SMILES string of the molecule is CC1(C)CC(C(NCc2ccccc2)C(=O)O)C1. The van der Waals surface area contributed by atoms with Crippen molar-refractivity contribution in [1.29, 1.82) is 0 Å². The number of hydrogen-bond donors (Lipinski definition) is 2. The summed E-state index contributed by atoms with van der Waals surface area (Å²) in [5, 5.41) is 12.5. The standard InChI is InChI=1S/C15H21NO2/c1-15(2)8-12(9-15)13(14(17)18)16-10-11-6-4-3-5-7-11/h3-7,12-13,16H,8-10H2,1-2H3,(H,17,18). The van der Waals surface area contributed by atoms with Crippen molar-refractivity contribution in [2.24, 2.45) is 11.3 Å². The van der Waals surface area contributed by atoms with Gasteiger partial charge in [0, 0.05) is 6.54 Å². The van der Waals surface area contributed by atoms with Crippen molar-refractivity contribution in [2.75, 3.05) is 0 Å². The van der Waals surface area contributed by atoms with Crippen molar-refractivity contribution in [3.8, 4) is 0 Å². The van der Waals surface area contributed by atoms with Gasteiger partial charge in [0.15, 0.2) is 0 Å². The van der Waals surface area contributed by atoms with Crippen LogP contribution in [0.4, 0.5) is 0 Å². The summed E-state index contributed by atoms with van der Waals surface area (Å²) in [7, 11) is 0. The van der Waals surface area contributed by atoms with Crippen molar-refractivity contribution in [3.05, 3.63) is 35.9 Å². The maximum Gasteiger partial charge on any atom is 0.320 e. The molecule has 3 heteroatoms. The highest BCUT2D eigenvalue weighted by atomic mass is 16.4. The molecule has 98 valence electrons. The molecule has 3 nitrogen and oxygen atoms in total. The van der Waals surface area contributed by atoms with Gasteiger partial charge in [-0.25, -0.2) is 0 Å². The average molecular weight is 247 g/mol. The molecule has 0 bridgehead atoms. The number of carbonyl (C=O) groups is 1. The number of benzene rings is 1. The van der Waals surface area contributed by atoms with E-state index in [1.54, 1.807) is 0 Å². The zero-order valence-electron chi connectivity index (χ0n) is 11.0. The molecule has 1 atom stereocenters. The first-order valence-corrected chi connectivity index (χ1v) is 6.48. The van der Waals surface area contributed by atoms with Crippen LogP contribution in [0.15, 0.2) is 30.3 Å². The summed E-state index contributed by atoms with van der Waals surface area (Å²) in [6.45, 7) is 5.01. The lowest BCUT2D eigenvalue weighted by Gasteiger charge is -2.45. The van der Waals surface area contributed by atoms with Crippen molar-refractivity contribution in [3.63, 3.8) is 0 Å². The Bertz CT molecular complexity index is 406. The topological polar surface area (TPSA) is 49.3 Å². The zero-order valence-corrected chi connectivity index (χ0v) is 11.0. The van der Waals surface area contributed by atoms with Gasteiger partial charge in [-0.15, -0.1) is 0 Å². The van der Waals surface area contributed by atoms with Gasteiger partial charge in [-0.2, -0.15) is 0 Å². The molecule has 2 N–H and O–H groups in total. The Hall–Kier alpha value is -1.35. The molecular formula is C15H21NO2. The fourth-order valence-corrected chi connectivity index (χ4v) is 2.87. The molecule has 0 aliphatic heterocycles. The molecule has 1 aromatic rings. The first-order chi connectivity index (χ1) is 8.48. The molecule has 0 amide bonds. The second kappa shape index (κ2) is 5.11. The van der Waals surface area contributed by atoms with E-state index in [1.165, 1.54) is 0 Å². The van der Waals surface area contributed by atoms with Crippen LogP contribution in [0, 0.1) is 11.3 Å². The molecule has 0 radical (unpaired) electrons. The van der Waals surface area contributed by atoms with E-state index in [0.29, 0.717) is 12.0 Å². The van der Waals surface area contributed by atoms with Crippen LogP contribution in [-0.4, -0.2) is 17.1 Å². The lowest BCUT2D eigenvalue weighted by molar-refractivity contribution is -0.143. The van der Waals surface area contributed by atoms with Crippen LogP contribution in [0.5, 0.6) is 0 Å². The zero-order chi connectivity index (χ0) is 13.2. The minimum absolute atomic E-state index is 0.265. The number of aliphatic carboxylic acids is 1. The number of hydrogen-bond acceptors (Lipinski definition) is 2. The van der Waals surface area contributed by atoms with Crippen molar-refractivity contribution in [1.82, 2.24) is 5.32 Å². The molecule has 1 aliphatic carbocycles. The van der Waals surface area contributed by atoms with Gasteiger partial charge in [0.1, 0.15) is 6.04 Å². The van der Waals surface area contributed by atoms with Crippen LogP contribution in [0.3, 0.4) is 0 Å². The van der Waals surface area contributed by atoms with Crippen molar-refractivity contribution in [2.45, 2.75) is 39.3 Å². The predicted molar refractivity (Wildman–Crippen MR) is 71.2 cm³/mol. The van der Waals surface area contributed by atoms with E-state index in [2.05, 4.69) is 19.2 Å². The van der Waals surface area contributed by atoms with Gasteiger partial charge in [0.05, 0.1) is 0 Å². The third-order valence-corrected chi connectivity index (χ3v) is 3.74. The van der Waals surface area contributed by atoms with Crippen molar-refractivity contribution >= 4 is 5.97 Å². The Morgan fingerprint density at radius 1 is 1.39 bits per heavy atom. The highest BCUT2D eigenvalue weighted by Gasteiger charge is 2.42.